The molecule has 0 unspecified atom stereocenters. The van der Waals surface area contributed by atoms with Crippen LogP contribution in [0.2, 0.25) is 0 Å². The van der Waals surface area contributed by atoms with Gasteiger partial charge in [0.05, 0.1) is 18.7 Å². The van der Waals surface area contributed by atoms with Crippen LogP contribution in [0.3, 0.4) is 0 Å². The van der Waals surface area contributed by atoms with E-state index in [4.69, 9.17) is 4.42 Å². The van der Waals surface area contributed by atoms with Gasteiger partial charge in [0, 0.05) is 10.9 Å². The zero-order chi connectivity index (χ0) is 16.7. The minimum absolute atomic E-state index is 0.0534. The molecule has 1 N–H and O–H groups in total. The lowest BCUT2D eigenvalue weighted by atomic mass is 10.0. The predicted octanol–water partition coefficient (Wildman–Crippen LogP) is 4.40. The maximum atomic E-state index is 12.5. The molecule has 4 rings (SSSR count). The van der Waals surface area contributed by atoms with Crippen molar-refractivity contribution in [3.05, 3.63) is 70.5 Å². The van der Waals surface area contributed by atoms with Crippen molar-refractivity contribution in [2.75, 3.05) is 0 Å². The zero-order valence-corrected chi connectivity index (χ0v) is 14.1. The molecule has 0 spiro atoms. The number of fused-ring (bicyclic) bond motifs is 2. The van der Waals surface area contributed by atoms with Gasteiger partial charge >= 0.3 is 0 Å². The molecule has 3 heteroatoms. The highest BCUT2D eigenvalue weighted by atomic mass is 16.3. The van der Waals surface area contributed by atoms with Gasteiger partial charge in [-0.1, -0.05) is 36.4 Å². The van der Waals surface area contributed by atoms with Crippen LogP contribution in [-0.2, 0) is 17.6 Å². The second-order valence-corrected chi connectivity index (χ2v) is 6.68. The van der Waals surface area contributed by atoms with Crippen molar-refractivity contribution in [3.8, 4) is 0 Å². The first kappa shape index (κ1) is 15.0. The van der Waals surface area contributed by atoms with E-state index in [0.717, 1.165) is 34.9 Å². The topological polar surface area (TPSA) is 42.2 Å². The molecule has 1 aliphatic rings. The average molecular weight is 319 g/mol. The lowest BCUT2D eigenvalue weighted by Crippen LogP contribution is -2.28. The molecule has 0 fully saturated rings. The molecule has 1 atom stereocenters. The van der Waals surface area contributed by atoms with E-state index in [1.54, 1.807) is 6.26 Å². The van der Waals surface area contributed by atoms with Gasteiger partial charge in [0.2, 0.25) is 5.91 Å². The average Bonchev–Trinajstić information content (AvgIpc) is 3.16. The third-order valence-electron chi connectivity index (χ3n) is 5.16. The van der Waals surface area contributed by atoms with Crippen LogP contribution in [-0.4, -0.2) is 5.91 Å². The van der Waals surface area contributed by atoms with E-state index in [9.17, 15) is 4.79 Å². The highest BCUT2D eigenvalue weighted by molar-refractivity contribution is 5.89. The minimum atomic E-state index is 0.0534. The Morgan fingerprint density at radius 2 is 2.04 bits per heavy atom. The van der Waals surface area contributed by atoms with Crippen LogP contribution in [0.1, 0.15) is 40.3 Å². The number of carbonyl (C=O) groups excluding carboxylic acids is 1. The second-order valence-electron chi connectivity index (χ2n) is 6.68. The standard InChI is InChI=1S/C21H21NO2/c1-13-7-9-18-16(12-24-21(18)14(13)2)11-20(23)22-19-10-8-15-5-3-4-6-17(15)19/h3-7,9,12,19H,8,10-11H2,1-2H3,(H,22,23)/t19-/m0/s1. The van der Waals surface area contributed by atoms with Crippen LogP contribution in [0.25, 0.3) is 11.0 Å². The zero-order valence-electron chi connectivity index (χ0n) is 14.1. The Hall–Kier alpha value is -2.55. The molecule has 122 valence electrons. The lowest BCUT2D eigenvalue weighted by Gasteiger charge is -2.13. The number of rotatable bonds is 3. The van der Waals surface area contributed by atoms with Gasteiger partial charge in [0.15, 0.2) is 0 Å². The van der Waals surface area contributed by atoms with Crippen LogP contribution >= 0.6 is 0 Å². The van der Waals surface area contributed by atoms with Crippen LogP contribution in [0.15, 0.2) is 47.1 Å². The number of carbonyl (C=O) groups is 1. The van der Waals surface area contributed by atoms with Gasteiger partial charge in [0.1, 0.15) is 5.58 Å². The van der Waals surface area contributed by atoms with Gasteiger partial charge in [-0.15, -0.1) is 0 Å². The van der Waals surface area contributed by atoms with Crippen molar-refractivity contribution in [2.45, 2.75) is 39.2 Å². The van der Waals surface area contributed by atoms with Crippen molar-refractivity contribution in [2.24, 2.45) is 0 Å². The molecule has 1 aliphatic carbocycles. The van der Waals surface area contributed by atoms with Gasteiger partial charge in [0.25, 0.3) is 0 Å². The molecule has 1 aromatic heterocycles. The van der Waals surface area contributed by atoms with Gasteiger partial charge < -0.3 is 9.73 Å². The van der Waals surface area contributed by atoms with Crippen molar-refractivity contribution < 1.29 is 9.21 Å². The summed E-state index contributed by atoms with van der Waals surface area (Å²) in [4.78, 5) is 12.5. The van der Waals surface area contributed by atoms with Gasteiger partial charge in [-0.25, -0.2) is 0 Å². The molecule has 2 aromatic carbocycles. The molecule has 1 amide bonds. The number of amides is 1. The molecule has 0 radical (unpaired) electrons. The smallest absolute Gasteiger partial charge is 0.225 e. The SMILES string of the molecule is Cc1ccc2c(CC(=O)N[C@H]3CCc4ccccc43)coc2c1C. The van der Waals surface area contributed by atoms with E-state index < -0.39 is 0 Å². The van der Waals surface area contributed by atoms with E-state index >= 15 is 0 Å². The molecule has 0 bridgehead atoms. The van der Waals surface area contributed by atoms with Crippen molar-refractivity contribution >= 4 is 16.9 Å². The van der Waals surface area contributed by atoms with Gasteiger partial charge in [-0.2, -0.15) is 0 Å². The Bertz CT molecular complexity index is 923. The van der Waals surface area contributed by atoms with E-state index in [-0.39, 0.29) is 11.9 Å². The summed E-state index contributed by atoms with van der Waals surface area (Å²) in [6.45, 7) is 4.13. The largest absolute Gasteiger partial charge is 0.464 e. The summed E-state index contributed by atoms with van der Waals surface area (Å²) >= 11 is 0. The number of hydrogen-bond acceptors (Lipinski definition) is 2. The van der Waals surface area contributed by atoms with E-state index in [0.29, 0.717) is 6.42 Å². The molecule has 24 heavy (non-hydrogen) atoms. The summed E-state index contributed by atoms with van der Waals surface area (Å²) in [6.07, 6.45) is 4.09. The van der Waals surface area contributed by atoms with Crippen molar-refractivity contribution in [3.63, 3.8) is 0 Å². The van der Waals surface area contributed by atoms with Gasteiger partial charge in [-0.3, -0.25) is 4.79 Å². The Labute approximate surface area is 141 Å². The fourth-order valence-electron chi connectivity index (χ4n) is 3.65. The Morgan fingerprint density at radius 3 is 2.92 bits per heavy atom. The Morgan fingerprint density at radius 1 is 1.21 bits per heavy atom. The summed E-state index contributed by atoms with van der Waals surface area (Å²) < 4.78 is 5.71. The maximum Gasteiger partial charge on any atom is 0.225 e. The van der Waals surface area contributed by atoms with E-state index in [2.05, 4.69) is 49.5 Å². The Kier molecular flexibility index (Phi) is 3.64. The normalized spacial score (nSPS) is 16.3. The fraction of sp³-hybridized carbons (Fsp3) is 0.286. The second kappa shape index (κ2) is 5.82. The monoisotopic (exact) mass is 319 g/mol. The highest BCUT2D eigenvalue weighted by Gasteiger charge is 2.23. The predicted molar refractivity (Wildman–Crippen MR) is 95.0 cm³/mol. The molecule has 1 heterocycles. The third kappa shape index (κ3) is 2.50. The van der Waals surface area contributed by atoms with Crippen LogP contribution in [0.5, 0.6) is 0 Å². The quantitative estimate of drug-likeness (QED) is 0.777. The molecule has 3 nitrogen and oxygen atoms in total. The van der Waals surface area contributed by atoms with Crippen LogP contribution in [0, 0.1) is 13.8 Å². The first-order valence-corrected chi connectivity index (χ1v) is 8.47. The first-order chi connectivity index (χ1) is 11.6. The summed E-state index contributed by atoms with van der Waals surface area (Å²) in [6, 6.07) is 12.6. The van der Waals surface area contributed by atoms with Crippen LogP contribution in [0.4, 0.5) is 0 Å². The van der Waals surface area contributed by atoms with Crippen LogP contribution < -0.4 is 5.32 Å². The van der Waals surface area contributed by atoms with E-state index in [1.807, 2.05) is 6.07 Å². The van der Waals surface area contributed by atoms with Gasteiger partial charge in [-0.05, 0) is 48.9 Å². The maximum absolute atomic E-state index is 12.5. The fourth-order valence-corrected chi connectivity index (χ4v) is 3.65. The van der Waals surface area contributed by atoms with Crippen molar-refractivity contribution in [1.29, 1.82) is 0 Å². The highest BCUT2D eigenvalue weighted by Crippen LogP contribution is 2.31. The minimum Gasteiger partial charge on any atom is -0.464 e. The molecule has 0 aliphatic heterocycles. The summed E-state index contributed by atoms with van der Waals surface area (Å²) in [5.74, 6) is 0.0534. The Balaban J connectivity index is 1.52. The molecule has 0 saturated carbocycles. The molecule has 0 saturated heterocycles. The van der Waals surface area contributed by atoms with E-state index in [1.165, 1.54) is 16.7 Å². The first-order valence-electron chi connectivity index (χ1n) is 8.47. The summed E-state index contributed by atoms with van der Waals surface area (Å²) in [5.41, 5.74) is 6.80. The lowest BCUT2D eigenvalue weighted by molar-refractivity contribution is -0.121. The number of nitrogens with one attached hydrogen (secondary N) is 1. The number of furan rings is 1. The van der Waals surface area contributed by atoms with Crippen molar-refractivity contribution in [1.82, 2.24) is 5.32 Å². The summed E-state index contributed by atoms with van der Waals surface area (Å²) in [5, 5.41) is 4.23. The molecule has 3 aromatic rings. The number of aryl methyl sites for hydroxylation is 3. The molecular weight excluding hydrogens is 298 g/mol. The molecular formula is C21H21NO2. The number of hydrogen-bond donors (Lipinski definition) is 1. The number of benzene rings is 2. The third-order valence-corrected chi connectivity index (χ3v) is 5.16. The summed E-state index contributed by atoms with van der Waals surface area (Å²) in [7, 11) is 0.